The minimum Gasteiger partial charge on any atom is -0.482 e. The molecule has 2 amide bonds. The fourth-order valence-corrected chi connectivity index (χ4v) is 2.00. The van der Waals surface area contributed by atoms with E-state index >= 15 is 0 Å². The number of hydrogen-bond donors (Lipinski definition) is 3. The van der Waals surface area contributed by atoms with Gasteiger partial charge in [-0.25, -0.2) is 10.2 Å². The van der Waals surface area contributed by atoms with Crippen molar-refractivity contribution in [3.05, 3.63) is 64.7 Å². The number of carbonyl (C=O) groups is 3. The van der Waals surface area contributed by atoms with Gasteiger partial charge in [0.15, 0.2) is 6.61 Å². The zero-order valence-electron chi connectivity index (χ0n) is 14.0. The smallest absolute Gasteiger partial charge is 0.341 e. The quantitative estimate of drug-likeness (QED) is 0.377. The maximum atomic E-state index is 11.7. The molecule has 2 aromatic rings. The highest BCUT2D eigenvalue weighted by Crippen LogP contribution is 2.11. The molecule has 2 rings (SSSR count). The first-order valence-electron chi connectivity index (χ1n) is 7.74. The Bertz CT molecular complexity index is 835. The molecule has 0 unspecified atom stereocenters. The fourth-order valence-electron chi connectivity index (χ4n) is 1.88. The first-order chi connectivity index (χ1) is 12.9. The molecule has 9 heteroatoms. The second-order valence-corrected chi connectivity index (χ2v) is 5.70. The van der Waals surface area contributed by atoms with Crippen LogP contribution in [0.3, 0.4) is 0 Å². The van der Waals surface area contributed by atoms with E-state index in [-0.39, 0.29) is 6.54 Å². The summed E-state index contributed by atoms with van der Waals surface area (Å²) in [5.41, 5.74) is 3.54. The van der Waals surface area contributed by atoms with Gasteiger partial charge >= 0.3 is 17.8 Å². The predicted octanol–water partition coefficient (Wildman–Crippen LogP) is 1.57. The predicted molar refractivity (Wildman–Crippen MR) is 98.6 cm³/mol. The molecule has 0 spiro atoms. The van der Waals surface area contributed by atoms with Crippen LogP contribution in [-0.4, -0.2) is 35.7 Å². The Hall–Kier alpha value is -3.39. The number of nitrogens with zero attached hydrogens (tertiary/aromatic N) is 1. The zero-order valence-corrected chi connectivity index (χ0v) is 14.8. The number of carbonyl (C=O) groups excluding carboxylic acids is 2. The number of rotatable bonds is 7. The van der Waals surface area contributed by atoms with Crippen molar-refractivity contribution in [1.82, 2.24) is 10.7 Å². The molecule has 0 atom stereocenters. The Morgan fingerprint density at radius 3 is 2.33 bits per heavy atom. The van der Waals surface area contributed by atoms with Gasteiger partial charge in [0.05, 0.1) is 6.21 Å². The van der Waals surface area contributed by atoms with Crippen LogP contribution in [0.25, 0.3) is 0 Å². The van der Waals surface area contributed by atoms with Gasteiger partial charge in [0, 0.05) is 11.6 Å². The number of ether oxygens (including phenoxy) is 1. The van der Waals surface area contributed by atoms with E-state index in [2.05, 4.69) is 15.8 Å². The molecule has 0 aliphatic heterocycles. The normalized spacial score (nSPS) is 10.4. The zero-order chi connectivity index (χ0) is 19.6. The van der Waals surface area contributed by atoms with Crippen LogP contribution >= 0.6 is 11.6 Å². The summed E-state index contributed by atoms with van der Waals surface area (Å²) in [5.74, 6) is -2.40. The largest absolute Gasteiger partial charge is 0.482 e. The maximum Gasteiger partial charge on any atom is 0.341 e. The number of nitrogens with one attached hydrogen (secondary N) is 2. The van der Waals surface area contributed by atoms with E-state index in [1.807, 2.05) is 0 Å². The molecule has 2 aromatic carbocycles. The van der Waals surface area contributed by atoms with Gasteiger partial charge < -0.3 is 15.2 Å². The summed E-state index contributed by atoms with van der Waals surface area (Å²) in [6.45, 7) is -0.250. The van der Waals surface area contributed by atoms with Crippen molar-refractivity contribution in [3.8, 4) is 5.75 Å². The van der Waals surface area contributed by atoms with E-state index in [4.69, 9.17) is 21.4 Å². The first-order valence-corrected chi connectivity index (χ1v) is 8.12. The Balaban J connectivity index is 1.77. The van der Waals surface area contributed by atoms with E-state index in [0.29, 0.717) is 16.3 Å². The van der Waals surface area contributed by atoms with E-state index in [1.54, 1.807) is 48.5 Å². The van der Waals surface area contributed by atoms with Crippen molar-refractivity contribution in [2.24, 2.45) is 5.10 Å². The van der Waals surface area contributed by atoms with Crippen LogP contribution in [0.2, 0.25) is 5.02 Å². The third-order valence-corrected chi connectivity index (χ3v) is 3.45. The third kappa shape index (κ3) is 7.17. The number of benzene rings is 2. The molecular formula is C18H16ClN3O5. The summed E-state index contributed by atoms with van der Waals surface area (Å²) >= 11 is 5.77. The standard InChI is InChI=1S/C18H16ClN3O5/c19-14-5-1-12(2-6-14)9-20-17(25)18(26)22-21-10-13-3-7-15(8-4-13)27-11-16(23)24/h1-8,10H,9,11H2,(H,20,25)(H,22,26)(H,23,24)/b21-10-. The van der Waals surface area contributed by atoms with Crippen molar-refractivity contribution in [2.75, 3.05) is 6.61 Å². The highest BCUT2D eigenvalue weighted by Gasteiger charge is 2.11. The molecule has 27 heavy (non-hydrogen) atoms. The van der Waals surface area contributed by atoms with Gasteiger partial charge in [-0.2, -0.15) is 5.10 Å². The Kier molecular flexibility index (Phi) is 7.33. The molecule has 0 saturated heterocycles. The van der Waals surface area contributed by atoms with E-state index < -0.39 is 24.4 Å². The number of hydrogen-bond acceptors (Lipinski definition) is 5. The lowest BCUT2D eigenvalue weighted by atomic mass is 10.2. The molecule has 0 aliphatic rings. The molecule has 0 bridgehead atoms. The number of hydrazone groups is 1. The van der Waals surface area contributed by atoms with Crippen molar-refractivity contribution in [1.29, 1.82) is 0 Å². The number of amides is 2. The third-order valence-electron chi connectivity index (χ3n) is 3.19. The first kappa shape index (κ1) is 19.9. The molecule has 0 heterocycles. The summed E-state index contributed by atoms with van der Waals surface area (Å²) in [5, 5.41) is 15.3. The molecule has 140 valence electrons. The molecule has 8 nitrogen and oxygen atoms in total. The Labute approximate surface area is 159 Å². The van der Waals surface area contributed by atoms with Gasteiger partial charge in [0.1, 0.15) is 5.75 Å². The average molecular weight is 390 g/mol. The summed E-state index contributed by atoms with van der Waals surface area (Å²) in [4.78, 5) is 33.8. The summed E-state index contributed by atoms with van der Waals surface area (Å²) in [6.07, 6.45) is 1.34. The van der Waals surface area contributed by atoms with E-state index in [9.17, 15) is 14.4 Å². The minimum absolute atomic E-state index is 0.185. The molecule has 0 aliphatic carbocycles. The van der Waals surface area contributed by atoms with Crippen molar-refractivity contribution >= 4 is 35.6 Å². The molecule has 0 saturated carbocycles. The number of carboxylic acid groups (broad SMARTS) is 1. The highest BCUT2D eigenvalue weighted by atomic mass is 35.5. The van der Waals surface area contributed by atoms with Gasteiger partial charge in [-0.1, -0.05) is 23.7 Å². The van der Waals surface area contributed by atoms with Gasteiger partial charge in [-0.05, 0) is 47.5 Å². The summed E-state index contributed by atoms with van der Waals surface area (Å²) < 4.78 is 4.99. The van der Waals surface area contributed by atoms with Gasteiger partial charge in [-0.15, -0.1) is 0 Å². The lowest BCUT2D eigenvalue weighted by molar-refractivity contribution is -0.139. The highest BCUT2D eigenvalue weighted by molar-refractivity contribution is 6.35. The van der Waals surface area contributed by atoms with Crippen LogP contribution in [0.4, 0.5) is 0 Å². The second-order valence-electron chi connectivity index (χ2n) is 5.26. The van der Waals surface area contributed by atoms with Crippen LogP contribution in [-0.2, 0) is 20.9 Å². The number of halogens is 1. The molecule has 0 fully saturated rings. The van der Waals surface area contributed by atoms with E-state index in [0.717, 1.165) is 5.56 Å². The van der Waals surface area contributed by atoms with Crippen LogP contribution in [0.1, 0.15) is 11.1 Å². The van der Waals surface area contributed by atoms with Crippen molar-refractivity contribution < 1.29 is 24.2 Å². The van der Waals surface area contributed by atoms with Gasteiger partial charge in [0.25, 0.3) is 0 Å². The average Bonchev–Trinajstić information content (AvgIpc) is 2.66. The molecule has 0 aromatic heterocycles. The second kappa shape index (κ2) is 9.93. The topological polar surface area (TPSA) is 117 Å². The van der Waals surface area contributed by atoms with Crippen molar-refractivity contribution in [2.45, 2.75) is 6.54 Å². The number of carboxylic acids is 1. The fraction of sp³-hybridized carbons (Fsp3) is 0.111. The molecule has 0 radical (unpaired) electrons. The van der Waals surface area contributed by atoms with Crippen LogP contribution in [0.5, 0.6) is 5.75 Å². The van der Waals surface area contributed by atoms with Crippen LogP contribution in [0.15, 0.2) is 53.6 Å². The minimum atomic E-state index is -1.07. The maximum absolute atomic E-state index is 11.7. The molecule has 3 N–H and O–H groups in total. The summed E-state index contributed by atoms with van der Waals surface area (Å²) in [6, 6.07) is 13.2. The van der Waals surface area contributed by atoms with Crippen molar-refractivity contribution in [3.63, 3.8) is 0 Å². The lowest BCUT2D eigenvalue weighted by Crippen LogP contribution is -2.37. The summed E-state index contributed by atoms with van der Waals surface area (Å²) in [7, 11) is 0. The Morgan fingerprint density at radius 1 is 1.04 bits per heavy atom. The number of aliphatic carboxylic acids is 1. The van der Waals surface area contributed by atoms with Gasteiger partial charge in [0.2, 0.25) is 0 Å². The monoisotopic (exact) mass is 389 g/mol. The van der Waals surface area contributed by atoms with Gasteiger partial charge in [-0.3, -0.25) is 9.59 Å². The van der Waals surface area contributed by atoms with E-state index in [1.165, 1.54) is 6.21 Å². The molecular weight excluding hydrogens is 374 g/mol. The van der Waals surface area contributed by atoms with Crippen LogP contribution in [0, 0.1) is 0 Å². The Morgan fingerprint density at radius 2 is 1.70 bits per heavy atom. The lowest BCUT2D eigenvalue weighted by Gasteiger charge is -2.04. The van der Waals surface area contributed by atoms with Crippen LogP contribution < -0.4 is 15.5 Å². The SMILES string of the molecule is O=C(O)COc1ccc(/C=N\NC(=O)C(=O)NCc2ccc(Cl)cc2)cc1.